The number of aromatic amines is 1. The van der Waals surface area contributed by atoms with Crippen LogP contribution in [0.3, 0.4) is 0 Å². The molecule has 22 heavy (non-hydrogen) atoms. The van der Waals surface area contributed by atoms with Crippen molar-refractivity contribution in [3.05, 3.63) is 83.6 Å². The summed E-state index contributed by atoms with van der Waals surface area (Å²) < 4.78 is 0. The van der Waals surface area contributed by atoms with E-state index in [9.17, 15) is 0 Å². The van der Waals surface area contributed by atoms with Crippen molar-refractivity contribution < 1.29 is 0 Å². The average Bonchev–Trinajstić information content (AvgIpc) is 3.09. The number of nitrogens with two attached hydrogens (primary N) is 1. The highest BCUT2D eigenvalue weighted by molar-refractivity contribution is 5.61. The van der Waals surface area contributed by atoms with Crippen molar-refractivity contribution in [2.75, 3.05) is 0 Å². The first-order valence-electron chi connectivity index (χ1n) is 7.88. The Balaban J connectivity index is 1.78. The summed E-state index contributed by atoms with van der Waals surface area (Å²) >= 11 is 0. The van der Waals surface area contributed by atoms with Crippen LogP contribution in [0, 0.1) is 0 Å². The van der Waals surface area contributed by atoms with Crippen molar-refractivity contribution >= 4 is 0 Å². The van der Waals surface area contributed by atoms with Crippen molar-refractivity contribution in [1.29, 1.82) is 0 Å². The van der Waals surface area contributed by atoms with E-state index in [1.54, 1.807) is 0 Å². The summed E-state index contributed by atoms with van der Waals surface area (Å²) in [6.07, 6.45) is 3.97. The molecular formula is C20H20N2. The second kappa shape index (κ2) is 5.47. The van der Waals surface area contributed by atoms with Crippen LogP contribution in [0.2, 0.25) is 0 Å². The first-order chi connectivity index (χ1) is 10.8. The van der Waals surface area contributed by atoms with Crippen LogP contribution in [0.1, 0.15) is 29.0 Å². The molecule has 0 unspecified atom stereocenters. The van der Waals surface area contributed by atoms with Crippen LogP contribution in [0.15, 0.2) is 66.9 Å². The summed E-state index contributed by atoms with van der Waals surface area (Å²) in [4.78, 5) is 3.29. The zero-order valence-electron chi connectivity index (χ0n) is 12.5. The largest absolute Gasteiger partial charge is 0.361 e. The summed E-state index contributed by atoms with van der Waals surface area (Å²) in [5, 5.41) is 0. The third-order valence-corrected chi connectivity index (χ3v) is 4.65. The Labute approximate surface area is 131 Å². The van der Waals surface area contributed by atoms with Crippen LogP contribution in [-0.4, -0.2) is 11.0 Å². The summed E-state index contributed by atoms with van der Waals surface area (Å²) in [6, 6.07) is 21.9. The molecule has 2 heteroatoms. The van der Waals surface area contributed by atoms with Gasteiger partial charge in [0.05, 0.1) is 0 Å². The van der Waals surface area contributed by atoms with E-state index in [0.717, 1.165) is 18.5 Å². The Hall–Kier alpha value is -2.32. The molecule has 2 nitrogen and oxygen atoms in total. The molecule has 0 amide bonds. The molecule has 0 saturated heterocycles. The van der Waals surface area contributed by atoms with E-state index in [-0.39, 0.29) is 6.04 Å². The van der Waals surface area contributed by atoms with Gasteiger partial charge in [0, 0.05) is 23.9 Å². The van der Waals surface area contributed by atoms with Gasteiger partial charge >= 0.3 is 0 Å². The number of rotatable bonds is 2. The number of H-pyrrole nitrogens is 1. The summed E-state index contributed by atoms with van der Waals surface area (Å²) in [7, 11) is 0. The van der Waals surface area contributed by atoms with Gasteiger partial charge in [0.25, 0.3) is 0 Å². The van der Waals surface area contributed by atoms with Crippen LogP contribution in [0.25, 0.3) is 11.3 Å². The van der Waals surface area contributed by atoms with E-state index in [1.807, 2.05) is 12.3 Å². The fourth-order valence-electron chi connectivity index (χ4n) is 3.60. The number of aromatic nitrogens is 1. The fourth-order valence-corrected chi connectivity index (χ4v) is 3.60. The van der Waals surface area contributed by atoms with Crippen LogP contribution >= 0.6 is 0 Å². The molecule has 2 aromatic carbocycles. The number of fused-ring (bicyclic) bond motifs is 1. The summed E-state index contributed by atoms with van der Waals surface area (Å²) in [5.74, 6) is 0.398. The molecule has 0 spiro atoms. The molecule has 1 aliphatic rings. The van der Waals surface area contributed by atoms with Gasteiger partial charge in [-0.2, -0.15) is 0 Å². The van der Waals surface area contributed by atoms with E-state index >= 15 is 0 Å². The second-order valence-electron chi connectivity index (χ2n) is 6.16. The van der Waals surface area contributed by atoms with Gasteiger partial charge in [-0.25, -0.2) is 0 Å². The third-order valence-electron chi connectivity index (χ3n) is 4.65. The SMILES string of the molecule is N[C@H]1Cc2ccccc2[C@@H](c2cccc(-c3ccc[nH]3)c2)C1. The molecule has 3 N–H and O–H groups in total. The standard InChI is InChI=1S/C20H20N2/c21-17-12-15-5-1-2-8-18(15)19(13-17)14-6-3-7-16(11-14)20-9-4-10-22-20/h1-11,17,19,22H,12-13,21H2/t17-,19+/m0/s1. The molecule has 2 atom stereocenters. The quantitative estimate of drug-likeness (QED) is 0.733. The van der Waals surface area contributed by atoms with Gasteiger partial charge in [-0.3, -0.25) is 0 Å². The molecule has 0 radical (unpaired) electrons. The fraction of sp³-hybridized carbons (Fsp3) is 0.200. The number of benzene rings is 2. The van der Waals surface area contributed by atoms with Gasteiger partial charge in [0.2, 0.25) is 0 Å². The third kappa shape index (κ3) is 2.36. The van der Waals surface area contributed by atoms with Gasteiger partial charge in [-0.1, -0.05) is 42.5 Å². The Morgan fingerprint density at radius 2 is 1.86 bits per heavy atom. The van der Waals surface area contributed by atoms with Gasteiger partial charge < -0.3 is 10.7 Å². The van der Waals surface area contributed by atoms with Gasteiger partial charge in [-0.05, 0) is 53.3 Å². The smallest absolute Gasteiger partial charge is 0.0453 e. The second-order valence-corrected chi connectivity index (χ2v) is 6.16. The number of hydrogen-bond acceptors (Lipinski definition) is 1. The van der Waals surface area contributed by atoms with E-state index in [0.29, 0.717) is 5.92 Å². The van der Waals surface area contributed by atoms with Crippen LogP contribution in [-0.2, 0) is 6.42 Å². The van der Waals surface area contributed by atoms with Crippen molar-refractivity contribution in [3.63, 3.8) is 0 Å². The maximum absolute atomic E-state index is 6.30. The average molecular weight is 288 g/mol. The summed E-state index contributed by atoms with van der Waals surface area (Å²) in [6.45, 7) is 0. The predicted molar refractivity (Wildman–Crippen MR) is 90.8 cm³/mol. The van der Waals surface area contributed by atoms with Crippen molar-refractivity contribution in [2.24, 2.45) is 5.73 Å². The maximum atomic E-state index is 6.30. The van der Waals surface area contributed by atoms with Crippen molar-refractivity contribution in [3.8, 4) is 11.3 Å². The Morgan fingerprint density at radius 3 is 2.73 bits per heavy atom. The lowest BCUT2D eigenvalue weighted by atomic mass is 9.76. The molecule has 1 aromatic heterocycles. The highest BCUT2D eigenvalue weighted by Crippen LogP contribution is 2.37. The molecular weight excluding hydrogens is 268 g/mol. The van der Waals surface area contributed by atoms with E-state index in [4.69, 9.17) is 5.73 Å². The molecule has 1 heterocycles. The van der Waals surface area contributed by atoms with Gasteiger partial charge in [0.1, 0.15) is 0 Å². The first kappa shape index (κ1) is 13.4. The van der Waals surface area contributed by atoms with E-state index in [2.05, 4.69) is 59.6 Å². The predicted octanol–water partition coefficient (Wildman–Crippen LogP) is 4.09. The van der Waals surface area contributed by atoms with Crippen molar-refractivity contribution in [1.82, 2.24) is 4.98 Å². The molecule has 0 fully saturated rings. The van der Waals surface area contributed by atoms with Crippen LogP contribution in [0.4, 0.5) is 0 Å². The molecule has 110 valence electrons. The topological polar surface area (TPSA) is 41.8 Å². The molecule has 0 bridgehead atoms. The van der Waals surface area contributed by atoms with Crippen molar-refractivity contribution in [2.45, 2.75) is 24.8 Å². The van der Waals surface area contributed by atoms with Gasteiger partial charge in [-0.15, -0.1) is 0 Å². The zero-order chi connectivity index (χ0) is 14.9. The lowest BCUT2D eigenvalue weighted by Gasteiger charge is -2.30. The normalized spacial score (nSPS) is 20.6. The number of nitrogens with one attached hydrogen (secondary N) is 1. The minimum atomic E-state index is 0.244. The lowest BCUT2D eigenvalue weighted by molar-refractivity contribution is 0.531. The molecule has 0 aliphatic heterocycles. The molecule has 3 aromatic rings. The minimum Gasteiger partial charge on any atom is -0.361 e. The number of hydrogen-bond donors (Lipinski definition) is 2. The first-order valence-corrected chi connectivity index (χ1v) is 7.88. The maximum Gasteiger partial charge on any atom is 0.0453 e. The Kier molecular flexibility index (Phi) is 3.32. The molecule has 0 saturated carbocycles. The highest BCUT2D eigenvalue weighted by Gasteiger charge is 2.25. The van der Waals surface area contributed by atoms with E-state index in [1.165, 1.54) is 22.3 Å². The Bertz CT molecular complexity index is 774. The van der Waals surface area contributed by atoms with E-state index < -0.39 is 0 Å². The minimum absolute atomic E-state index is 0.244. The molecule has 4 rings (SSSR count). The van der Waals surface area contributed by atoms with Crippen LogP contribution in [0.5, 0.6) is 0 Å². The monoisotopic (exact) mass is 288 g/mol. The van der Waals surface area contributed by atoms with Gasteiger partial charge in [0.15, 0.2) is 0 Å². The highest BCUT2D eigenvalue weighted by atomic mass is 14.7. The molecule has 1 aliphatic carbocycles. The lowest BCUT2D eigenvalue weighted by Crippen LogP contribution is -2.30. The Morgan fingerprint density at radius 1 is 0.955 bits per heavy atom. The zero-order valence-corrected chi connectivity index (χ0v) is 12.5. The van der Waals surface area contributed by atoms with Crippen LogP contribution < -0.4 is 5.73 Å². The summed E-state index contributed by atoms with van der Waals surface area (Å²) in [5.41, 5.74) is 12.9.